The third-order valence-electron chi connectivity index (χ3n) is 4.49. The Kier molecular flexibility index (Phi) is 5.90. The van der Waals surface area contributed by atoms with E-state index in [0.717, 1.165) is 22.3 Å². The summed E-state index contributed by atoms with van der Waals surface area (Å²) in [7, 11) is 0. The predicted molar refractivity (Wildman–Crippen MR) is 99.6 cm³/mol. The summed E-state index contributed by atoms with van der Waals surface area (Å²) in [4.78, 5) is 34.0. The Balaban J connectivity index is 1.62. The molecule has 0 aliphatic heterocycles. The van der Waals surface area contributed by atoms with E-state index in [2.05, 4.69) is 5.32 Å². The lowest BCUT2D eigenvalue weighted by Crippen LogP contribution is -2.48. The molecule has 0 unspecified atom stereocenters. The van der Waals surface area contributed by atoms with Crippen LogP contribution in [-0.2, 0) is 19.1 Å². The first-order valence-electron chi connectivity index (χ1n) is 8.67. The fraction of sp³-hybridized carbons (Fsp3) is 0.250. The number of hydrogen-bond acceptors (Lipinski definition) is 5. The number of rotatable bonds is 8. The number of nitrogens with two attached hydrogens (primary N) is 1. The molecular weight excluding hydrogens is 364 g/mol. The number of hydrogen-bond donors (Lipinski definition) is 3. The molecule has 1 aliphatic rings. The molecule has 0 bridgehead atoms. The SMILES string of the molecule is NC(=O)[C@H](COCC(=O)O)NC(=O)OCC1c2ccccc2-c2ccccc21. The van der Waals surface area contributed by atoms with Gasteiger partial charge < -0.3 is 25.6 Å². The Morgan fingerprint density at radius 2 is 1.61 bits per heavy atom. The maximum Gasteiger partial charge on any atom is 0.407 e. The summed E-state index contributed by atoms with van der Waals surface area (Å²) in [6.07, 6.45) is -0.829. The van der Waals surface area contributed by atoms with Crippen LogP contribution >= 0.6 is 0 Å². The van der Waals surface area contributed by atoms with Crippen LogP contribution in [0.25, 0.3) is 11.1 Å². The summed E-state index contributed by atoms with van der Waals surface area (Å²) in [6.45, 7) is -0.872. The number of alkyl carbamates (subject to hydrolysis) is 1. The number of aliphatic carboxylic acids is 1. The van der Waals surface area contributed by atoms with Crippen molar-refractivity contribution < 1.29 is 29.0 Å². The molecule has 1 aliphatic carbocycles. The van der Waals surface area contributed by atoms with Gasteiger partial charge in [-0.25, -0.2) is 9.59 Å². The topological polar surface area (TPSA) is 128 Å². The van der Waals surface area contributed by atoms with Gasteiger partial charge in [0.05, 0.1) is 6.61 Å². The summed E-state index contributed by atoms with van der Waals surface area (Å²) >= 11 is 0. The number of carbonyl (C=O) groups is 3. The van der Waals surface area contributed by atoms with Gasteiger partial charge in [0.1, 0.15) is 19.3 Å². The van der Waals surface area contributed by atoms with Crippen molar-refractivity contribution in [3.05, 3.63) is 59.7 Å². The fourth-order valence-electron chi connectivity index (χ4n) is 3.24. The minimum absolute atomic E-state index is 0.0846. The zero-order chi connectivity index (χ0) is 20.1. The van der Waals surface area contributed by atoms with Crippen LogP contribution in [0, 0.1) is 0 Å². The molecule has 2 amide bonds. The van der Waals surface area contributed by atoms with Crippen molar-refractivity contribution in [1.29, 1.82) is 0 Å². The molecule has 146 valence electrons. The molecule has 0 aromatic heterocycles. The Morgan fingerprint density at radius 1 is 1.04 bits per heavy atom. The highest BCUT2D eigenvalue weighted by Crippen LogP contribution is 2.44. The van der Waals surface area contributed by atoms with Gasteiger partial charge in [-0.05, 0) is 22.3 Å². The highest BCUT2D eigenvalue weighted by molar-refractivity contribution is 5.84. The normalized spacial score (nSPS) is 13.3. The molecule has 4 N–H and O–H groups in total. The standard InChI is InChI=1S/C20H20N2O6/c21-19(25)17(10-27-11-18(23)24)22-20(26)28-9-16-14-7-3-1-5-12(14)13-6-2-4-8-15(13)16/h1-8,16-17H,9-11H2,(H2,21,25)(H,22,26)(H,23,24)/t17-/m0/s1. The molecule has 28 heavy (non-hydrogen) atoms. The van der Waals surface area contributed by atoms with Gasteiger partial charge >= 0.3 is 12.1 Å². The number of fused-ring (bicyclic) bond motifs is 3. The van der Waals surface area contributed by atoms with Crippen LogP contribution in [-0.4, -0.2) is 48.9 Å². The third-order valence-corrected chi connectivity index (χ3v) is 4.49. The van der Waals surface area contributed by atoms with Crippen molar-refractivity contribution in [2.24, 2.45) is 5.73 Å². The van der Waals surface area contributed by atoms with Crippen molar-refractivity contribution in [2.75, 3.05) is 19.8 Å². The second kappa shape index (κ2) is 8.53. The molecule has 0 spiro atoms. The molecule has 0 saturated heterocycles. The predicted octanol–water partition coefficient (Wildman–Crippen LogP) is 1.48. The quantitative estimate of drug-likeness (QED) is 0.632. The molecule has 1 atom stereocenters. The van der Waals surface area contributed by atoms with Gasteiger partial charge in [0.15, 0.2) is 0 Å². The number of nitrogens with one attached hydrogen (secondary N) is 1. The van der Waals surface area contributed by atoms with Crippen molar-refractivity contribution in [2.45, 2.75) is 12.0 Å². The summed E-state index contributed by atoms with van der Waals surface area (Å²) in [5.74, 6) is -2.16. The van der Waals surface area contributed by atoms with E-state index in [9.17, 15) is 14.4 Å². The number of carboxylic acid groups (broad SMARTS) is 1. The van der Waals surface area contributed by atoms with Gasteiger partial charge in [-0.2, -0.15) is 0 Å². The van der Waals surface area contributed by atoms with Gasteiger partial charge in [-0.3, -0.25) is 4.79 Å². The summed E-state index contributed by atoms with van der Waals surface area (Å²) in [6, 6.07) is 14.6. The van der Waals surface area contributed by atoms with E-state index < -0.39 is 30.6 Å². The van der Waals surface area contributed by atoms with E-state index in [1.165, 1.54) is 0 Å². The van der Waals surface area contributed by atoms with E-state index >= 15 is 0 Å². The highest BCUT2D eigenvalue weighted by Gasteiger charge is 2.29. The maximum atomic E-state index is 12.1. The number of carboxylic acids is 1. The average Bonchev–Trinajstić information content (AvgIpc) is 2.99. The monoisotopic (exact) mass is 384 g/mol. The molecular formula is C20H20N2O6. The Hall–Kier alpha value is -3.39. The number of benzene rings is 2. The zero-order valence-electron chi connectivity index (χ0n) is 15.0. The highest BCUT2D eigenvalue weighted by atomic mass is 16.5. The molecule has 0 radical (unpaired) electrons. The van der Waals surface area contributed by atoms with Crippen LogP contribution in [0.2, 0.25) is 0 Å². The minimum Gasteiger partial charge on any atom is -0.480 e. The van der Waals surface area contributed by atoms with Gasteiger partial charge in [0, 0.05) is 5.92 Å². The second-order valence-corrected chi connectivity index (χ2v) is 6.33. The number of primary amides is 1. The Morgan fingerprint density at radius 3 is 2.14 bits per heavy atom. The molecule has 0 heterocycles. The molecule has 0 saturated carbocycles. The van der Waals surface area contributed by atoms with E-state index in [0.29, 0.717) is 0 Å². The maximum absolute atomic E-state index is 12.1. The smallest absolute Gasteiger partial charge is 0.407 e. The summed E-state index contributed by atoms with van der Waals surface area (Å²) < 4.78 is 10.1. The van der Waals surface area contributed by atoms with Crippen molar-refractivity contribution >= 4 is 18.0 Å². The largest absolute Gasteiger partial charge is 0.480 e. The van der Waals surface area contributed by atoms with Crippen LogP contribution in [0.3, 0.4) is 0 Å². The third kappa shape index (κ3) is 4.29. The van der Waals surface area contributed by atoms with Crippen LogP contribution in [0.4, 0.5) is 4.79 Å². The van der Waals surface area contributed by atoms with E-state index in [-0.39, 0.29) is 19.1 Å². The van der Waals surface area contributed by atoms with E-state index in [1.54, 1.807) is 0 Å². The first kappa shape index (κ1) is 19.4. The van der Waals surface area contributed by atoms with Gasteiger partial charge in [-0.1, -0.05) is 48.5 Å². The van der Waals surface area contributed by atoms with Crippen LogP contribution in [0.5, 0.6) is 0 Å². The number of amides is 2. The van der Waals surface area contributed by atoms with Gasteiger partial charge in [0.2, 0.25) is 5.91 Å². The lowest BCUT2D eigenvalue weighted by atomic mass is 9.98. The molecule has 8 nitrogen and oxygen atoms in total. The van der Waals surface area contributed by atoms with E-state index in [4.69, 9.17) is 20.3 Å². The molecule has 2 aromatic rings. The Bertz CT molecular complexity index is 852. The van der Waals surface area contributed by atoms with Gasteiger partial charge in [0.25, 0.3) is 0 Å². The number of carbonyl (C=O) groups excluding carboxylic acids is 2. The number of ether oxygens (including phenoxy) is 2. The first-order chi connectivity index (χ1) is 13.5. The van der Waals surface area contributed by atoms with Crippen LogP contribution in [0.1, 0.15) is 17.0 Å². The average molecular weight is 384 g/mol. The van der Waals surface area contributed by atoms with Crippen LogP contribution < -0.4 is 11.1 Å². The Labute approximate surface area is 161 Å². The lowest BCUT2D eigenvalue weighted by Gasteiger charge is -2.17. The van der Waals surface area contributed by atoms with Crippen molar-refractivity contribution in [3.8, 4) is 11.1 Å². The van der Waals surface area contributed by atoms with Gasteiger partial charge in [-0.15, -0.1) is 0 Å². The fourth-order valence-corrected chi connectivity index (χ4v) is 3.24. The summed E-state index contributed by atoms with van der Waals surface area (Å²) in [5, 5.41) is 10.9. The zero-order valence-corrected chi connectivity index (χ0v) is 15.0. The molecule has 0 fully saturated rings. The molecule has 8 heteroatoms. The van der Waals surface area contributed by atoms with Crippen molar-refractivity contribution in [1.82, 2.24) is 5.32 Å². The second-order valence-electron chi connectivity index (χ2n) is 6.33. The molecule has 2 aromatic carbocycles. The molecule has 3 rings (SSSR count). The minimum atomic E-state index is -1.19. The van der Waals surface area contributed by atoms with Crippen LogP contribution in [0.15, 0.2) is 48.5 Å². The first-order valence-corrected chi connectivity index (χ1v) is 8.67. The van der Waals surface area contributed by atoms with E-state index in [1.807, 2.05) is 48.5 Å². The summed E-state index contributed by atoms with van der Waals surface area (Å²) in [5.41, 5.74) is 9.54. The lowest BCUT2D eigenvalue weighted by molar-refractivity contribution is -0.143. The van der Waals surface area contributed by atoms with Crippen molar-refractivity contribution in [3.63, 3.8) is 0 Å².